The maximum absolute atomic E-state index is 11.7. The van der Waals surface area contributed by atoms with Crippen LogP contribution in [0, 0.1) is 0 Å². The van der Waals surface area contributed by atoms with E-state index in [2.05, 4.69) is 4.98 Å². The van der Waals surface area contributed by atoms with Gasteiger partial charge in [0.05, 0.1) is 5.56 Å². The molecule has 1 amide bonds. The number of hydrogen-bond donors (Lipinski definition) is 0. The van der Waals surface area contributed by atoms with E-state index in [1.807, 2.05) is 0 Å². The Labute approximate surface area is 111 Å². The van der Waals surface area contributed by atoms with E-state index in [0.717, 1.165) is 0 Å². The van der Waals surface area contributed by atoms with E-state index in [-0.39, 0.29) is 5.56 Å². The number of anilines is 1. The third-order valence-electron chi connectivity index (χ3n) is 1.99. The minimum Gasteiger partial charge on any atom is -0.443 e. The topological polar surface area (TPSA) is 59.5 Å². The molecule has 0 aliphatic carbocycles. The largest absolute Gasteiger partial charge is 0.443 e. The molecule has 1 rings (SSSR count). The van der Waals surface area contributed by atoms with Gasteiger partial charge in [0.1, 0.15) is 11.4 Å². The summed E-state index contributed by atoms with van der Waals surface area (Å²) in [5.41, 5.74) is -0.296. The van der Waals surface area contributed by atoms with E-state index in [9.17, 15) is 9.59 Å². The van der Waals surface area contributed by atoms with Gasteiger partial charge in [0.15, 0.2) is 0 Å². The smallest absolute Gasteiger partial charge is 0.415 e. The Hall–Kier alpha value is -1.62. The van der Waals surface area contributed by atoms with E-state index in [1.165, 1.54) is 23.2 Å². The van der Waals surface area contributed by atoms with Crippen molar-refractivity contribution in [1.82, 2.24) is 4.98 Å². The number of aromatic nitrogens is 1. The van der Waals surface area contributed by atoms with E-state index in [0.29, 0.717) is 5.82 Å². The summed E-state index contributed by atoms with van der Waals surface area (Å²) in [7, 11) is 1.54. The van der Waals surface area contributed by atoms with Gasteiger partial charge in [-0.3, -0.25) is 9.69 Å². The molecule has 0 atom stereocenters. The third-order valence-corrected chi connectivity index (χ3v) is 2.20. The summed E-state index contributed by atoms with van der Waals surface area (Å²) in [6.07, 6.45) is 0.797. The first-order chi connectivity index (χ1) is 8.20. The Kier molecular flexibility index (Phi) is 4.29. The van der Waals surface area contributed by atoms with Crippen LogP contribution in [0.3, 0.4) is 0 Å². The molecule has 0 saturated carbocycles. The molecule has 0 fully saturated rings. The standard InChI is InChI=1S/C12H15ClN2O3/c1-12(2,3)18-11(17)15(4)9-6-5-8(7-14-9)10(13)16/h5-7H,1-4H3. The van der Waals surface area contributed by atoms with Crippen LogP contribution in [-0.4, -0.2) is 29.0 Å². The predicted octanol–water partition coefficient (Wildman–Crippen LogP) is 2.83. The summed E-state index contributed by atoms with van der Waals surface area (Å²) in [5.74, 6) is 0.380. The molecule has 0 N–H and O–H groups in total. The van der Waals surface area contributed by atoms with Gasteiger partial charge in [0, 0.05) is 13.2 Å². The Bertz CT molecular complexity index is 451. The second-order valence-corrected chi connectivity index (χ2v) is 5.06. The number of pyridine rings is 1. The highest BCUT2D eigenvalue weighted by atomic mass is 35.5. The molecule has 1 aromatic heterocycles. The molecule has 0 bridgehead atoms. The maximum atomic E-state index is 11.7. The van der Waals surface area contributed by atoms with Crippen molar-refractivity contribution in [2.75, 3.05) is 11.9 Å². The number of halogens is 1. The average molecular weight is 271 g/mol. The van der Waals surface area contributed by atoms with Crippen molar-refractivity contribution >= 4 is 28.8 Å². The Morgan fingerprint density at radius 3 is 2.33 bits per heavy atom. The molecule has 0 aromatic carbocycles. The zero-order chi connectivity index (χ0) is 13.9. The summed E-state index contributed by atoms with van der Waals surface area (Å²) in [5, 5.41) is -0.589. The van der Waals surface area contributed by atoms with Gasteiger partial charge < -0.3 is 4.74 Å². The van der Waals surface area contributed by atoms with E-state index in [1.54, 1.807) is 27.8 Å². The molecule has 0 radical (unpaired) electrons. The van der Waals surface area contributed by atoms with Crippen LogP contribution in [0.2, 0.25) is 0 Å². The lowest BCUT2D eigenvalue weighted by molar-refractivity contribution is 0.0588. The molecular formula is C12H15ClN2O3. The highest BCUT2D eigenvalue weighted by molar-refractivity contribution is 6.67. The first kappa shape index (κ1) is 14.4. The first-order valence-electron chi connectivity index (χ1n) is 5.33. The second-order valence-electron chi connectivity index (χ2n) is 4.72. The van der Waals surface area contributed by atoms with Gasteiger partial charge in [0.25, 0.3) is 5.24 Å². The van der Waals surface area contributed by atoms with E-state index in [4.69, 9.17) is 16.3 Å². The maximum Gasteiger partial charge on any atom is 0.415 e. The van der Waals surface area contributed by atoms with Crippen LogP contribution in [-0.2, 0) is 4.74 Å². The van der Waals surface area contributed by atoms with Crippen LogP contribution < -0.4 is 4.90 Å². The summed E-state index contributed by atoms with van der Waals surface area (Å²) in [6.45, 7) is 5.34. The second kappa shape index (κ2) is 5.35. The van der Waals surface area contributed by atoms with Gasteiger partial charge in [-0.2, -0.15) is 0 Å². The van der Waals surface area contributed by atoms with Crippen LogP contribution in [0.1, 0.15) is 31.1 Å². The van der Waals surface area contributed by atoms with Crippen LogP contribution in [0.5, 0.6) is 0 Å². The zero-order valence-electron chi connectivity index (χ0n) is 10.7. The van der Waals surface area contributed by atoms with E-state index >= 15 is 0 Å². The van der Waals surface area contributed by atoms with Gasteiger partial charge in [0.2, 0.25) is 0 Å². The van der Waals surface area contributed by atoms with Crippen molar-refractivity contribution in [3.63, 3.8) is 0 Å². The molecule has 0 saturated heterocycles. The highest BCUT2D eigenvalue weighted by Gasteiger charge is 2.21. The van der Waals surface area contributed by atoms with Crippen LogP contribution in [0.25, 0.3) is 0 Å². The fourth-order valence-electron chi connectivity index (χ4n) is 1.12. The molecule has 1 heterocycles. The molecular weight excluding hydrogens is 256 g/mol. The minimum atomic E-state index is -0.589. The molecule has 1 aromatic rings. The van der Waals surface area contributed by atoms with Crippen LogP contribution in [0.15, 0.2) is 18.3 Å². The summed E-state index contributed by atoms with van der Waals surface area (Å²) in [6, 6.07) is 3.03. The van der Waals surface area contributed by atoms with Crippen molar-refractivity contribution in [2.45, 2.75) is 26.4 Å². The fraction of sp³-hybridized carbons (Fsp3) is 0.417. The Balaban J connectivity index is 2.81. The van der Waals surface area contributed by atoms with Gasteiger partial charge in [-0.05, 0) is 44.5 Å². The molecule has 0 spiro atoms. The SMILES string of the molecule is CN(C(=O)OC(C)(C)C)c1ccc(C(=O)Cl)cn1. The predicted molar refractivity (Wildman–Crippen MR) is 69.1 cm³/mol. The van der Waals surface area contributed by atoms with Gasteiger partial charge in [-0.15, -0.1) is 0 Å². The van der Waals surface area contributed by atoms with Crippen LogP contribution >= 0.6 is 11.6 Å². The third kappa shape index (κ3) is 4.00. The summed E-state index contributed by atoms with van der Waals surface area (Å²) in [4.78, 5) is 27.8. The average Bonchev–Trinajstić information content (AvgIpc) is 2.26. The summed E-state index contributed by atoms with van der Waals surface area (Å²) >= 11 is 5.30. The highest BCUT2D eigenvalue weighted by Crippen LogP contribution is 2.15. The van der Waals surface area contributed by atoms with Crippen molar-refractivity contribution in [3.8, 4) is 0 Å². The number of nitrogens with zero attached hydrogens (tertiary/aromatic N) is 2. The van der Waals surface area contributed by atoms with Gasteiger partial charge >= 0.3 is 6.09 Å². The van der Waals surface area contributed by atoms with Crippen molar-refractivity contribution in [1.29, 1.82) is 0 Å². The van der Waals surface area contributed by atoms with Crippen LogP contribution in [0.4, 0.5) is 10.6 Å². The number of hydrogen-bond acceptors (Lipinski definition) is 4. The molecule has 6 heteroatoms. The lowest BCUT2D eigenvalue weighted by Crippen LogP contribution is -2.34. The normalized spacial score (nSPS) is 10.9. The van der Waals surface area contributed by atoms with Crippen molar-refractivity contribution in [2.24, 2.45) is 0 Å². The Morgan fingerprint density at radius 2 is 1.94 bits per heavy atom. The first-order valence-corrected chi connectivity index (χ1v) is 5.71. The molecule has 0 aliphatic heterocycles. The number of rotatable bonds is 2. The van der Waals surface area contributed by atoms with Gasteiger partial charge in [-0.25, -0.2) is 9.78 Å². The molecule has 5 nitrogen and oxygen atoms in total. The molecule has 18 heavy (non-hydrogen) atoms. The number of amides is 1. The van der Waals surface area contributed by atoms with Crippen molar-refractivity contribution < 1.29 is 14.3 Å². The number of carbonyl (C=O) groups excluding carboxylic acids is 2. The lowest BCUT2D eigenvalue weighted by atomic mass is 10.2. The Morgan fingerprint density at radius 1 is 1.33 bits per heavy atom. The molecule has 98 valence electrons. The van der Waals surface area contributed by atoms with Crippen molar-refractivity contribution in [3.05, 3.63) is 23.9 Å². The van der Waals surface area contributed by atoms with Gasteiger partial charge in [-0.1, -0.05) is 0 Å². The minimum absolute atomic E-state index is 0.276. The quantitative estimate of drug-likeness (QED) is 0.776. The number of carbonyl (C=O) groups is 2. The number of ether oxygens (including phenoxy) is 1. The monoisotopic (exact) mass is 270 g/mol. The zero-order valence-corrected chi connectivity index (χ0v) is 11.5. The fourth-order valence-corrected chi connectivity index (χ4v) is 1.24. The lowest BCUT2D eigenvalue weighted by Gasteiger charge is -2.24. The molecule has 0 aliphatic rings. The van der Waals surface area contributed by atoms with E-state index < -0.39 is 16.9 Å². The summed E-state index contributed by atoms with van der Waals surface area (Å²) < 4.78 is 5.19. The molecule has 0 unspecified atom stereocenters.